The van der Waals surface area contributed by atoms with Crippen molar-refractivity contribution < 1.29 is 22.7 Å². The molecule has 0 aromatic heterocycles. The molecule has 0 radical (unpaired) electrons. The van der Waals surface area contributed by atoms with Gasteiger partial charge in [0.1, 0.15) is 5.84 Å². The zero-order chi connectivity index (χ0) is 24.0. The van der Waals surface area contributed by atoms with Crippen LogP contribution in [0.2, 0.25) is 0 Å². The molecular weight excluding hydrogens is 454 g/mol. The lowest BCUT2D eigenvalue weighted by Crippen LogP contribution is -2.38. The molecule has 2 aromatic rings. The first-order valence-electron chi connectivity index (χ1n) is 10.9. The summed E-state index contributed by atoms with van der Waals surface area (Å²) in [5.41, 5.74) is 2.33. The lowest BCUT2D eigenvalue weighted by atomic mass is 10.1. The van der Waals surface area contributed by atoms with Gasteiger partial charge in [0, 0.05) is 25.8 Å². The normalized spacial score (nSPS) is 16.2. The quantitative estimate of drug-likeness (QED) is 0.539. The minimum atomic E-state index is -3.47. The molecule has 0 spiro atoms. The predicted molar refractivity (Wildman–Crippen MR) is 128 cm³/mol. The molecular formula is C25H25N3O5S. The lowest BCUT2D eigenvalue weighted by Gasteiger charge is -2.27. The Bertz CT molecular complexity index is 1240. The molecule has 0 fully saturated rings. The molecule has 4 rings (SSSR count). The molecule has 2 aliphatic rings. The van der Waals surface area contributed by atoms with E-state index in [1.165, 1.54) is 18.4 Å². The third-order valence-electron chi connectivity index (χ3n) is 5.47. The van der Waals surface area contributed by atoms with Gasteiger partial charge in [0.05, 0.1) is 11.3 Å². The Hall–Kier alpha value is -3.72. The van der Waals surface area contributed by atoms with E-state index in [9.17, 15) is 18.0 Å². The Balaban J connectivity index is 1.38. The number of nitrogens with zero attached hydrogens (tertiary/aromatic N) is 3. The molecule has 2 aliphatic heterocycles. The number of fused-ring (bicyclic) bond motifs is 1. The summed E-state index contributed by atoms with van der Waals surface area (Å²) in [6.07, 6.45) is 5.08. The maximum Gasteiger partial charge on any atom is 0.340 e. The zero-order valence-electron chi connectivity index (χ0n) is 18.5. The second kappa shape index (κ2) is 10.5. The fourth-order valence-electron chi connectivity index (χ4n) is 3.63. The number of carbonyl (C=O) groups excluding carboxylic acids is 2. The van der Waals surface area contributed by atoms with Crippen LogP contribution < -0.4 is 0 Å². The lowest BCUT2D eigenvalue weighted by molar-refractivity contribution is -0.149. The van der Waals surface area contributed by atoms with Gasteiger partial charge in [-0.1, -0.05) is 60.7 Å². The van der Waals surface area contributed by atoms with Crippen LogP contribution in [0.5, 0.6) is 0 Å². The maximum absolute atomic E-state index is 13.0. The van der Waals surface area contributed by atoms with Crippen molar-refractivity contribution in [3.8, 4) is 0 Å². The SMILES string of the molecule is O=C(OCC(=O)N(CCc1ccccc1)Cc1ccccc1)C1=CN2CCS(=O)(=O)N=C2C=C1. The van der Waals surface area contributed by atoms with Crippen LogP contribution in [0.15, 0.2) is 89.0 Å². The van der Waals surface area contributed by atoms with Crippen molar-refractivity contribution in [3.05, 3.63) is 95.7 Å². The molecule has 0 N–H and O–H groups in total. The van der Waals surface area contributed by atoms with Gasteiger partial charge < -0.3 is 14.5 Å². The molecule has 2 heterocycles. The van der Waals surface area contributed by atoms with Gasteiger partial charge in [0.2, 0.25) is 0 Å². The Morgan fingerprint density at radius 1 is 0.971 bits per heavy atom. The van der Waals surface area contributed by atoms with Crippen molar-refractivity contribution in [3.63, 3.8) is 0 Å². The van der Waals surface area contributed by atoms with E-state index >= 15 is 0 Å². The number of hydrogen-bond donors (Lipinski definition) is 0. The van der Waals surface area contributed by atoms with Crippen LogP contribution in [0.3, 0.4) is 0 Å². The van der Waals surface area contributed by atoms with E-state index in [-0.39, 0.29) is 36.2 Å². The minimum Gasteiger partial charge on any atom is -0.452 e. The molecule has 0 bridgehead atoms. The van der Waals surface area contributed by atoms with E-state index in [4.69, 9.17) is 4.74 Å². The first kappa shape index (κ1) is 23.4. The van der Waals surface area contributed by atoms with Gasteiger partial charge in [-0.15, -0.1) is 4.40 Å². The van der Waals surface area contributed by atoms with Crippen molar-refractivity contribution in [2.75, 3.05) is 25.4 Å². The summed E-state index contributed by atoms with van der Waals surface area (Å²) < 4.78 is 32.3. The van der Waals surface area contributed by atoms with Crippen LogP contribution in [0.1, 0.15) is 11.1 Å². The standard InChI is InChI=1S/C25H25N3O5S/c29-24(19-33-25(30)22-11-12-23-26-34(31,32)16-15-27(23)18-22)28(17-21-9-5-2-6-10-21)14-13-20-7-3-1-4-8-20/h1-12,18H,13-17,19H2. The number of carbonyl (C=O) groups is 2. The van der Waals surface area contributed by atoms with Gasteiger partial charge in [-0.05, 0) is 29.7 Å². The first-order chi connectivity index (χ1) is 16.4. The summed E-state index contributed by atoms with van der Waals surface area (Å²) in [6.45, 7) is 0.710. The van der Waals surface area contributed by atoms with Gasteiger partial charge in [-0.25, -0.2) is 13.2 Å². The average Bonchev–Trinajstić information content (AvgIpc) is 2.85. The van der Waals surface area contributed by atoms with Crippen molar-refractivity contribution in [1.29, 1.82) is 0 Å². The van der Waals surface area contributed by atoms with Gasteiger partial charge in [0.25, 0.3) is 15.9 Å². The fourth-order valence-corrected chi connectivity index (χ4v) is 4.60. The molecule has 176 valence electrons. The van der Waals surface area contributed by atoms with Crippen LogP contribution in [0.25, 0.3) is 0 Å². The van der Waals surface area contributed by atoms with Crippen molar-refractivity contribution in [2.45, 2.75) is 13.0 Å². The van der Waals surface area contributed by atoms with Gasteiger partial charge in [0.15, 0.2) is 6.61 Å². The van der Waals surface area contributed by atoms with E-state index in [0.717, 1.165) is 11.1 Å². The van der Waals surface area contributed by atoms with E-state index in [1.807, 2.05) is 60.7 Å². The second-order valence-corrected chi connectivity index (χ2v) is 9.71. The highest BCUT2D eigenvalue weighted by atomic mass is 32.2. The first-order valence-corrected chi connectivity index (χ1v) is 12.5. The number of amides is 1. The highest BCUT2D eigenvalue weighted by molar-refractivity contribution is 7.90. The molecule has 0 saturated carbocycles. The molecule has 1 amide bonds. The van der Waals surface area contributed by atoms with Crippen LogP contribution in [-0.2, 0) is 37.3 Å². The molecule has 0 saturated heterocycles. The Morgan fingerprint density at radius 3 is 2.35 bits per heavy atom. The molecule has 9 heteroatoms. The van der Waals surface area contributed by atoms with Crippen LogP contribution >= 0.6 is 0 Å². The third kappa shape index (κ3) is 6.20. The number of benzene rings is 2. The molecule has 2 aromatic carbocycles. The Morgan fingerprint density at radius 2 is 1.65 bits per heavy atom. The third-order valence-corrected chi connectivity index (χ3v) is 6.63. The highest BCUT2D eigenvalue weighted by Gasteiger charge is 2.26. The number of amidine groups is 1. The fraction of sp³-hybridized carbons (Fsp3) is 0.240. The Labute approximate surface area is 198 Å². The molecule has 34 heavy (non-hydrogen) atoms. The van der Waals surface area contributed by atoms with Gasteiger partial charge in [-0.2, -0.15) is 0 Å². The number of sulfonamides is 1. The van der Waals surface area contributed by atoms with Crippen LogP contribution in [0.4, 0.5) is 0 Å². The summed E-state index contributed by atoms with van der Waals surface area (Å²) in [4.78, 5) is 28.8. The topological polar surface area (TPSA) is 96.4 Å². The molecule has 0 unspecified atom stereocenters. The summed E-state index contributed by atoms with van der Waals surface area (Å²) >= 11 is 0. The van der Waals surface area contributed by atoms with Crippen LogP contribution in [-0.4, -0.2) is 61.4 Å². The van der Waals surface area contributed by atoms with Crippen molar-refractivity contribution in [2.24, 2.45) is 4.40 Å². The average molecular weight is 480 g/mol. The smallest absolute Gasteiger partial charge is 0.340 e. The van der Waals surface area contributed by atoms with Gasteiger partial charge in [-0.3, -0.25) is 4.79 Å². The van der Waals surface area contributed by atoms with Crippen molar-refractivity contribution in [1.82, 2.24) is 9.80 Å². The van der Waals surface area contributed by atoms with E-state index in [0.29, 0.717) is 19.5 Å². The van der Waals surface area contributed by atoms with Crippen LogP contribution in [0, 0.1) is 0 Å². The molecule has 8 nitrogen and oxygen atoms in total. The Kier molecular flexibility index (Phi) is 7.22. The van der Waals surface area contributed by atoms with Gasteiger partial charge >= 0.3 is 5.97 Å². The number of esters is 1. The summed E-state index contributed by atoms with van der Waals surface area (Å²) in [7, 11) is -3.47. The largest absolute Gasteiger partial charge is 0.452 e. The minimum absolute atomic E-state index is 0.127. The number of hydrogen-bond acceptors (Lipinski definition) is 6. The molecule has 0 aliphatic carbocycles. The zero-order valence-corrected chi connectivity index (χ0v) is 19.4. The summed E-state index contributed by atoms with van der Waals surface area (Å²) in [5, 5.41) is 0. The van der Waals surface area contributed by atoms with E-state index in [1.54, 1.807) is 9.80 Å². The van der Waals surface area contributed by atoms with Crippen molar-refractivity contribution >= 4 is 27.7 Å². The highest BCUT2D eigenvalue weighted by Crippen LogP contribution is 2.17. The summed E-state index contributed by atoms with van der Waals surface area (Å²) in [5.74, 6) is -0.814. The predicted octanol–water partition coefficient (Wildman–Crippen LogP) is 2.30. The molecule has 0 atom stereocenters. The van der Waals surface area contributed by atoms with E-state index < -0.39 is 16.0 Å². The second-order valence-electron chi connectivity index (χ2n) is 7.96. The van der Waals surface area contributed by atoms with E-state index in [2.05, 4.69) is 4.40 Å². The number of ether oxygens (including phenoxy) is 1. The summed E-state index contributed by atoms with van der Waals surface area (Å²) in [6, 6.07) is 19.5. The number of rotatable bonds is 8. The monoisotopic (exact) mass is 479 g/mol. The maximum atomic E-state index is 13.0.